The first-order valence-corrected chi connectivity index (χ1v) is 8.72. The van der Waals surface area contributed by atoms with Crippen molar-refractivity contribution in [1.29, 1.82) is 0 Å². The highest BCUT2D eigenvalue weighted by atomic mass is 32.1. The van der Waals surface area contributed by atoms with E-state index < -0.39 is 0 Å². The van der Waals surface area contributed by atoms with Crippen molar-refractivity contribution in [3.05, 3.63) is 22.4 Å². The minimum Gasteiger partial charge on any atom is -0.383 e. The molecule has 1 aromatic rings. The number of hydrogen-bond donors (Lipinski definition) is 0. The third-order valence-corrected chi connectivity index (χ3v) is 5.45. The summed E-state index contributed by atoms with van der Waals surface area (Å²) in [5.41, 5.74) is 0.0805. The van der Waals surface area contributed by atoms with Gasteiger partial charge < -0.3 is 19.3 Å². The van der Waals surface area contributed by atoms with Crippen LogP contribution in [0.2, 0.25) is 0 Å². The van der Waals surface area contributed by atoms with Crippen molar-refractivity contribution in [3.63, 3.8) is 0 Å². The summed E-state index contributed by atoms with van der Waals surface area (Å²) in [6, 6.07) is 3.84. The zero-order valence-corrected chi connectivity index (χ0v) is 13.9. The molecule has 0 aromatic carbocycles. The van der Waals surface area contributed by atoms with Gasteiger partial charge in [0.2, 0.25) is 0 Å². The molecule has 0 saturated carbocycles. The maximum atomic E-state index is 12.7. The minimum absolute atomic E-state index is 0.0805. The number of amides is 1. The van der Waals surface area contributed by atoms with Gasteiger partial charge in [0.15, 0.2) is 0 Å². The lowest BCUT2D eigenvalue weighted by molar-refractivity contribution is 0.0631. The number of ether oxygens (including phenoxy) is 2. The molecule has 1 spiro atoms. The Morgan fingerprint density at radius 2 is 2.36 bits per heavy atom. The Labute approximate surface area is 135 Å². The summed E-state index contributed by atoms with van der Waals surface area (Å²) in [4.78, 5) is 17.9. The SMILES string of the molecule is COCCN1CC[C@]2(COCCN(C(=O)c3cccs3)C2)C1. The van der Waals surface area contributed by atoms with Gasteiger partial charge >= 0.3 is 0 Å². The van der Waals surface area contributed by atoms with E-state index in [0.29, 0.717) is 13.2 Å². The topological polar surface area (TPSA) is 42.0 Å². The summed E-state index contributed by atoms with van der Waals surface area (Å²) in [7, 11) is 1.74. The van der Waals surface area contributed by atoms with E-state index in [9.17, 15) is 4.79 Å². The summed E-state index contributed by atoms with van der Waals surface area (Å²) in [6.45, 7) is 6.65. The molecule has 6 heteroatoms. The van der Waals surface area contributed by atoms with Crippen LogP contribution in [0.1, 0.15) is 16.1 Å². The fourth-order valence-electron chi connectivity index (χ4n) is 3.41. The molecule has 1 atom stereocenters. The Balaban J connectivity index is 1.67. The first kappa shape index (κ1) is 15.9. The molecule has 3 heterocycles. The molecule has 3 rings (SSSR count). The van der Waals surface area contributed by atoms with Gasteiger partial charge in [-0.25, -0.2) is 0 Å². The van der Waals surface area contributed by atoms with E-state index in [2.05, 4.69) is 4.90 Å². The molecule has 2 aliphatic rings. The number of rotatable bonds is 4. The molecule has 1 aromatic heterocycles. The summed E-state index contributed by atoms with van der Waals surface area (Å²) in [6.07, 6.45) is 1.09. The molecule has 5 nitrogen and oxygen atoms in total. The molecular weight excluding hydrogens is 300 g/mol. The Morgan fingerprint density at radius 3 is 3.14 bits per heavy atom. The average molecular weight is 324 g/mol. The number of nitrogens with zero attached hydrogens (tertiary/aromatic N) is 2. The Bertz CT molecular complexity index is 494. The van der Waals surface area contributed by atoms with Gasteiger partial charge in [-0.1, -0.05) is 6.07 Å². The average Bonchev–Trinajstić information content (AvgIpc) is 3.13. The Hall–Kier alpha value is -0.950. The highest BCUT2D eigenvalue weighted by Gasteiger charge is 2.42. The van der Waals surface area contributed by atoms with Gasteiger partial charge in [-0.3, -0.25) is 4.79 Å². The fraction of sp³-hybridized carbons (Fsp3) is 0.688. The summed E-state index contributed by atoms with van der Waals surface area (Å²) in [5.74, 6) is 0.148. The number of carbonyl (C=O) groups excluding carboxylic acids is 1. The van der Waals surface area contributed by atoms with Gasteiger partial charge in [-0.05, 0) is 24.4 Å². The molecule has 2 aliphatic heterocycles. The second-order valence-corrected chi connectivity index (χ2v) is 7.22. The molecular formula is C16H24N2O3S. The molecule has 2 fully saturated rings. The summed E-state index contributed by atoms with van der Waals surface area (Å²) in [5, 5.41) is 1.96. The zero-order chi connectivity index (χ0) is 15.4. The lowest BCUT2D eigenvalue weighted by atomic mass is 9.87. The van der Waals surface area contributed by atoms with Crippen LogP contribution in [-0.4, -0.2) is 75.4 Å². The van der Waals surface area contributed by atoms with Gasteiger partial charge in [-0.2, -0.15) is 0 Å². The molecule has 0 aliphatic carbocycles. The van der Waals surface area contributed by atoms with Crippen molar-refractivity contribution >= 4 is 17.2 Å². The van der Waals surface area contributed by atoms with Crippen molar-refractivity contribution in [1.82, 2.24) is 9.80 Å². The van der Waals surface area contributed by atoms with Crippen molar-refractivity contribution in [2.45, 2.75) is 6.42 Å². The third-order valence-electron chi connectivity index (χ3n) is 4.59. The number of hydrogen-bond acceptors (Lipinski definition) is 5. The van der Waals surface area contributed by atoms with Crippen LogP contribution >= 0.6 is 11.3 Å². The summed E-state index contributed by atoms with van der Waals surface area (Å²) < 4.78 is 11.0. The molecule has 0 unspecified atom stereocenters. The van der Waals surface area contributed by atoms with Crippen LogP contribution in [-0.2, 0) is 9.47 Å². The highest BCUT2D eigenvalue weighted by Crippen LogP contribution is 2.33. The second kappa shape index (κ2) is 7.08. The van der Waals surface area contributed by atoms with E-state index in [1.54, 1.807) is 7.11 Å². The van der Waals surface area contributed by atoms with Crippen LogP contribution in [0.4, 0.5) is 0 Å². The smallest absolute Gasteiger partial charge is 0.264 e. The van der Waals surface area contributed by atoms with E-state index in [0.717, 1.165) is 50.7 Å². The molecule has 122 valence electrons. The van der Waals surface area contributed by atoms with E-state index in [4.69, 9.17) is 9.47 Å². The van der Waals surface area contributed by atoms with Crippen LogP contribution in [0.5, 0.6) is 0 Å². The highest BCUT2D eigenvalue weighted by molar-refractivity contribution is 7.12. The van der Waals surface area contributed by atoms with Crippen LogP contribution in [0.3, 0.4) is 0 Å². The molecule has 0 bridgehead atoms. The molecule has 2 saturated heterocycles. The maximum absolute atomic E-state index is 12.7. The van der Waals surface area contributed by atoms with Gasteiger partial charge in [0.1, 0.15) is 0 Å². The van der Waals surface area contributed by atoms with Crippen LogP contribution < -0.4 is 0 Å². The predicted molar refractivity (Wildman–Crippen MR) is 86.4 cm³/mol. The largest absolute Gasteiger partial charge is 0.383 e. The first-order valence-electron chi connectivity index (χ1n) is 7.84. The summed E-state index contributed by atoms with van der Waals surface area (Å²) >= 11 is 1.52. The quantitative estimate of drug-likeness (QED) is 0.843. The monoisotopic (exact) mass is 324 g/mol. The number of thiophene rings is 1. The van der Waals surface area contributed by atoms with Crippen molar-refractivity contribution in [2.75, 3.05) is 59.7 Å². The van der Waals surface area contributed by atoms with Crippen LogP contribution in [0.15, 0.2) is 17.5 Å². The lowest BCUT2D eigenvalue weighted by Gasteiger charge is -2.31. The third kappa shape index (κ3) is 3.51. The standard InChI is InChI=1S/C16H24N2O3S/c1-20-8-6-17-5-4-16(11-17)12-18(7-9-21-13-16)15(19)14-3-2-10-22-14/h2-3,10H,4-9,11-13H2,1H3/t16-/m0/s1. The fourth-order valence-corrected chi connectivity index (χ4v) is 4.10. The predicted octanol–water partition coefficient (Wildman–Crippen LogP) is 1.56. The normalized spacial score (nSPS) is 26.5. The van der Waals surface area contributed by atoms with Crippen LogP contribution in [0.25, 0.3) is 0 Å². The molecule has 0 radical (unpaired) electrons. The maximum Gasteiger partial charge on any atom is 0.264 e. The first-order chi connectivity index (χ1) is 10.7. The van der Waals surface area contributed by atoms with Gasteiger partial charge in [0, 0.05) is 38.7 Å². The van der Waals surface area contributed by atoms with E-state index in [-0.39, 0.29) is 11.3 Å². The Morgan fingerprint density at radius 1 is 1.45 bits per heavy atom. The Kier molecular flexibility index (Phi) is 5.13. The number of methoxy groups -OCH3 is 1. The van der Waals surface area contributed by atoms with Crippen molar-refractivity contribution in [3.8, 4) is 0 Å². The number of likely N-dealkylation sites (tertiary alicyclic amines) is 1. The van der Waals surface area contributed by atoms with E-state index in [1.807, 2.05) is 22.4 Å². The van der Waals surface area contributed by atoms with Crippen molar-refractivity contribution < 1.29 is 14.3 Å². The van der Waals surface area contributed by atoms with Gasteiger partial charge in [0.25, 0.3) is 5.91 Å². The van der Waals surface area contributed by atoms with Gasteiger partial charge in [-0.15, -0.1) is 11.3 Å². The second-order valence-electron chi connectivity index (χ2n) is 6.28. The minimum atomic E-state index is 0.0805. The van der Waals surface area contributed by atoms with Crippen molar-refractivity contribution in [2.24, 2.45) is 5.41 Å². The molecule has 22 heavy (non-hydrogen) atoms. The molecule has 0 N–H and O–H groups in total. The molecule has 1 amide bonds. The number of carbonyl (C=O) groups is 1. The zero-order valence-electron chi connectivity index (χ0n) is 13.1. The van der Waals surface area contributed by atoms with Crippen LogP contribution in [0, 0.1) is 5.41 Å². The lowest BCUT2D eigenvalue weighted by Crippen LogP contribution is -2.43. The van der Waals surface area contributed by atoms with E-state index in [1.165, 1.54) is 11.3 Å². The van der Waals surface area contributed by atoms with E-state index >= 15 is 0 Å². The van der Waals surface area contributed by atoms with Gasteiger partial charge in [0.05, 0.1) is 24.7 Å².